The maximum atomic E-state index is 13.2. The second-order valence-electron chi connectivity index (χ2n) is 7.31. The van der Waals surface area contributed by atoms with Gasteiger partial charge in [-0.3, -0.25) is 9.59 Å². The van der Waals surface area contributed by atoms with Crippen LogP contribution in [0.15, 0.2) is 42.5 Å². The van der Waals surface area contributed by atoms with E-state index in [9.17, 15) is 27.9 Å². The van der Waals surface area contributed by atoms with E-state index in [1.807, 2.05) is 19.1 Å². The number of Topliss-reactive ketones (excluding diaryl/α,β-unsaturated/α-hetero) is 1. The van der Waals surface area contributed by atoms with Crippen LogP contribution in [0.4, 0.5) is 13.2 Å². The molecular formula is C22H21F3O3. The van der Waals surface area contributed by atoms with Gasteiger partial charge in [0.15, 0.2) is 11.6 Å². The molecular weight excluding hydrogens is 369 g/mol. The lowest BCUT2D eigenvalue weighted by atomic mass is 9.81. The van der Waals surface area contributed by atoms with Crippen LogP contribution in [0.5, 0.6) is 0 Å². The number of carbonyl (C=O) groups is 2. The molecule has 1 aliphatic carbocycles. The number of hydrogen-bond donors (Lipinski definition) is 1. The highest BCUT2D eigenvalue weighted by Crippen LogP contribution is 2.41. The van der Waals surface area contributed by atoms with Gasteiger partial charge in [-0.2, -0.15) is 13.2 Å². The van der Waals surface area contributed by atoms with Crippen molar-refractivity contribution in [1.29, 1.82) is 0 Å². The first-order valence-electron chi connectivity index (χ1n) is 9.21. The first-order valence-corrected chi connectivity index (χ1v) is 9.21. The molecule has 1 N–H and O–H groups in total. The molecule has 6 heteroatoms. The number of unbranched alkanes of at least 4 members (excludes halogenated alkanes) is 1. The smallest absolute Gasteiger partial charge is 0.374 e. The molecule has 0 aromatic heterocycles. The van der Waals surface area contributed by atoms with Gasteiger partial charge in [0.2, 0.25) is 5.60 Å². The Morgan fingerprint density at radius 2 is 1.64 bits per heavy atom. The van der Waals surface area contributed by atoms with E-state index in [0.29, 0.717) is 42.0 Å². The van der Waals surface area contributed by atoms with Crippen LogP contribution in [-0.4, -0.2) is 28.5 Å². The van der Waals surface area contributed by atoms with Crippen molar-refractivity contribution in [1.82, 2.24) is 0 Å². The maximum Gasteiger partial charge on any atom is 0.424 e. The maximum absolute atomic E-state index is 13.2. The summed E-state index contributed by atoms with van der Waals surface area (Å²) in [5.41, 5.74) is -0.741. The number of fused-ring (bicyclic) bond motifs is 3. The molecule has 2 aromatic carbocycles. The molecule has 0 saturated carbocycles. The topological polar surface area (TPSA) is 54.4 Å². The highest BCUT2D eigenvalue weighted by atomic mass is 19.4. The summed E-state index contributed by atoms with van der Waals surface area (Å²) in [6, 6.07) is 11.8. The third kappa shape index (κ3) is 3.26. The zero-order valence-corrected chi connectivity index (χ0v) is 15.6. The molecule has 0 saturated heterocycles. The Morgan fingerprint density at radius 3 is 2.25 bits per heavy atom. The van der Waals surface area contributed by atoms with Crippen LogP contribution in [0.1, 0.15) is 60.5 Å². The minimum Gasteiger partial charge on any atom is -0.374 e. The van der Waals surface area contributed by atoms with Gasteiger partial charge in [-0.1, -0.05) is 56.2 Å². The van der Waals surface area contributed by atoms with Gasteiger partial charge in [-0.25, -0.2) is 0 Å². The third-order valence-corrected chi connectivity index (χ3v) is 5.35. The van der Waals surface area contributed by atoms with Gasteiger partial charge >= 0.3 is 6.18 Å². The van der Waals surface area contributed by atoms with E-state index in [0.717, 1.165) is 5.56 Å². The third-order valence-electron chi connectivity index (χ3n) is 5.35. The molecule has 2 unspecified atom stereocenters. The molecule has 3 nitrogen and oxygen atoms in total. The van der Waals surface area contributed by atoms with Crippen molar-refractivity contribution >= 4 is 11.6 Å². The quantitative estimate of drug-likeness (QED) is 0.641. The molecule has 0 spiro atoms. The molecule has 148 valence electrons. The Labute approximate surface area is 161 Å². The number of alkyl halides is 3. The summed E-state index contributed by atoms with van der Waals surface area (Å²) >= 11 is 0. The fraction of sp³-hybridized carbons (Fsp3) is 0.364. The Balaban J connectivity index is 2.04. The van der Waals surface area contributed by atoms with Crippen molar-refractivity contribution in [2.75, 3.05) is 0 Å². The van der Waals surface area contributed by atoms with E-state index >= 15 is 0 Å². The second-order valence-corrected chi connectivity index (χ2v) is 7.31. The lowest BCUT2D eigenvalue weighted by Gasteiger charge is -2.29. The minimum atomic E-state index is -5.07. The number of hydrogen-bond acceptors (Lipinski definition) is 3. The van der Waals surface area contributed by atoms with Crippen molar-refractivity contribution in [3.8, 4) is 11.1 Å². The zero-order valence-electron chi connectivity index (χ0n) is 15.6. The van der Waals surface area contributed by atoms with Crippen LogP contribution in [0.2, 0.25) is 0 Å². The van der Waals surface area contributed by atoms with Crippen molar-refractivity contribution in [2.45, 2.75) is 50.8 Å². The number of rotatable bonds is 6. The van der Waals surface area contributed by atoms with Crippen LogP contribution >= 0.6 is 0 Å². The Kier molecular flexibility index (Phi) is 5.19. The fourth-order valence-electron chi connectivity index (χ4n) is 3.60. The predicted octanol–water partition coefficient (Wildman–Crippen LogP) is 5.05. The van der Waals surface area contributed by atoms with Gasteiger partial charge in [0.1, 0.15) is 0 Å². The van der Waals surface area contributed by atoms with Gasteiger partial charge in [-0.15, -0.1) is 0 Å². The van der Waals surface area contributed by atoms with E-state index in [2.05, 4.69) is 0 Å². The Morgan fingerprint density at radius 1 is 1.04 bits per heavy atom. The number of aliphatic hydroxyl groups is 1. The second kappa shape index (κ2) is 7.17. The van der Waals surface area contributed by atoms with E-state index in [1.165, 1.54) is 6.07 Å². The normalized spacial score (nSPS) is 16.3. The molecule has 1 aliphatic rings. The van der Waals surface area contributed by atoms with Crippen molar-refractivity contribution in [2.24, 2.45) is 0 Å². The molecule has 3 rings (SSSR count). The van der Waals surface area contributed by atoms with Gasteiger partial charge in [0.05, 0.1) is 0 Å². The molecule has 28 heavy (non-hydrogen) atoms. The lowest BCUT2D eigenvalue weighted by molar-refractivity contribution is -0.245. The van der Waals surface area contributed by atoms with Crippen LogP contribution < -0.4 is 0 Å². The van der Waals surface area contributed by atoms with Crippen LogP contribution in [0.3, 0.4) is 0 Å². The van der Waals surface area contributed by atoms with Gasteiger partial charge in [0.25, 0.3) is 0 Å². The highest BCUT2D eigenvalue weighted by molar-refractivity contribution is 6.21. The van der Waals surface area contributed by atoms with Crippen molar-refractivity contribution in [3.63, 3.8) is 0 Å². The number of ketones is 2. The molecule has 2 atom stereocenters. The predicted molar refractivity (Wildman–Crippen MR) is 99.3 cm³/mol. The van der Waals surface area contributed by atoms with Crippen LogP contribution in [0, 0.1) is 0 Å². The van der Waals surface area contributed by atoms with E-state index in [-0.39, 0.29) is 12.2 Å². The molecule has 0 fully saturated rings. The first kappa shape index (κ1) is 20.3. The molecule has 0 radical (unpaired) electrons. The SMILES string of the molecule is CCCCC(C(=O)C(C)(O)C(F)(F)F)c1ccc2c(c1)C(=O)c1ccccc1-2. The summed E-state index contributed by atoms with van der Waals surface area (Å²) in [7, 11) is 0. The standard InChI is InChI=1S/C22H21F3O3/c1-3-4-7-14(20(27)21(2,28)22(23,24)25)13-10-11-16-15-8-5-6-9-17(15)19(26)18(16)12-13/h5-6,8-12,14,28H,3-4,7H2,1-2H3. The van der Waals surface area contributed by atoms with Crippen LogP contribution in [-0.2, 0) is 4.79 Å². The largest absolute Gasteiger partial charge is 0.424 e. The molecule has 2 aromatic rings. The summed E-state index contributed by atoms with van der Waals surface area (Å²) in [4.78, 5) is 25.4. The van der Waals surface area contributed by atoms with E-state index in [4.69, 9.17) is 0 Å². The van der Waals surface area contributed by atoms with Gasteiger partial charge in [0, 0.05) is 17.0 Å². The van der Waals surface area contributed by atoms with Crippen molar-refractivity contribution in [3.05, 3.63) is 59.2 Å². The Hall–Kier alpha value is -2.47. The summed E-state index contributed by atoms with van der Waals surface area (Å²) in [5.74, 6) is -2.65. The number of carbonyl (C=O) groups excluding carboxylic acids is 2. The zero-order chi connectivity index (χ0) is 20.7. The minimum absolute atomic E-state index is 0.168. The molecule has 0 bridgehead atoms. The van der Waals surface area contributed by atoms with Gasteiger partial charge in [-0.05, 0) is 36.1 Å². The van der Waals surface area contributed by atoms with Crippen molar-refractivity contribution < 1.29 is 27.9 Å². The van der Waals surface area contributed by atoms with E-state index in [1.54, 1.807) is 24.3 Å². The lowest BCUT2D eigenvalue weighted by Crippen LogP contribution is -2.51. The number of benzene rings is 2. The summed E-state index contributed by atoms with van der Waals surface area (Å²) < 4.78 is 39.7. The Bertz CT molecular complexity index is 929. The van der Waals surface area contributed by atoms with E-state index < -0.39 is 23.5 Å². The van der Waals surface area contributed by atoms with Gasteiger partial charge < -0.3 is 5.11 Å². The summed E-state index contributed by atoms with van der Waals surface area (Å²) in [6.45, 7) is 2.36. The molecule has 0 amide bonds. The fourth-order valence-corrected chi connectivity index (χ4v) is 3.60. The monoisotopic (exact) mass is 390 g/mol. The van der Waals surface area contributed by atoms with Crippen LogP contribution in [0.25, 0.3) is 11.1 Å². The summed E-state index contributed by atoms with van der Waals surface area (Å²) in [5, 5.41) is 9.90. The molecule has 0 heterocycles. The first-order chi connectivity index (χ1) is 13.1. The highest BCUT2D eigenvalue weighted by Gasteiger charge is 2.57. The molecule has 0 aliphatic heterocycles. The average molecular weight is 390 g/mol. The number of halogens is 3. The average Bonchev–Trinajstić information content (AvgIpc) is 2.93. The summed E-state index contributed by atoms with van der Waals surface area (Å²) in [6.07, 6.45) is -3.69.